The number of aliphatic carboxylic acids is 1. The summed E-state index contributed by atoms with van der Waals surface area (Å²) in [4.78, 5) is 27.4. The highest BCUT2D eigenvalue weighted by Crippen LogP contribution is 2.46. The highest BCUT2D eigenvalue weighted by molar-refractivity contribution is 8.03. The van der Waals surface area contributed by atoms with Crippen LogP contribution < -0.4 is 49.6 Å². The molecule has 3 aromatic rings. The number of quaternary nitrogens is 1. The fourth-order valence-corrected chi connectivity index (χ4v) is 5.62. The quantitative estimate of drug-likeness (QED) is 0.161. The Labute approximate surface area is 239 Å². The van der Waals surface area contributed by atoms with Crippen molar-refractivity contribution in [3.63, 3.8) is 0 Å². The summed E-state index contributed by atoms with van der Waals surface area (Å²) >= 11 is 1.73. The van der Waals surface area contributed by atoms with Gasteiger partial charge in [-0.25, -0.2) is 4.57 Å². The number of fused-ring (bicyclic) bond motifs is 2. The standard InChI is InChI=1S/C28H32N4O3S.HI/c1-31-18-15-20(21-9-2-3-11-23(21)31)19-27-32(24-12-4-5-13-25(24)36-27)17-8-14-26(33)30-22(28(34)35)10-6-7-16-29;/h2-5,9,11-13,15,18-19,22H,6-8,10,14,16-17,29H2,1H3,(H-,30,33,34,35);1H. The lowest BCUT2D eigenvalue weighted by molar-refractivity contribution is -0.644. The monoisotopic (exact) mass is 632 g/mol. The third kappa shape index (κ3) is 7.24. The average molecular weight is 633 g/mol. The van der Waals surface area contributed by atoms with E-state index in [9.17, 15) is 14.7 Å². The number of thioether (sulfide) groups is 1. The molecule has 0 fully saturated rings. The number of aromatic nitrogens is 1. The van der Waals surface area contributed by atoms with Crippen molar-refractivity contribution in [2.75, 3.05) is 18.0 Å². The maximum atomic E-state index is 12.5. The van der Waals surface area contributed by atoms with E-state index in [2.05, 4.69) is 69.2 Å². The van der Waals surface area contributed by atoms with Crippen LogP contribution >= 0.6 is 11.8 Å². The van der Waals surface area contributed by atoms with E-state index in [1.807, 2.05) is 25.2 Å². The Bertz CT molecular complexity index is 1280. The van der Waals surface area contributed by atoms with Crippen LogP contribution in [-0.4, -0.2) is 31.0 Å². The molecule has 4 N–H and O–H groups in total. The number of carboxylic acid groups (broad SMARTS) is 1. The van der Waals surface area contributed by atoms with Gasteiger partial charge in [-0.15, -0.1) is 0 Å². The highest BCUT2D eigenvalue weighted by Gasteiger charge is 2.25. The number of nitrogens with zero attached hydrogens (tertiary/aromatic N) is 2. The lowest BCUT2D eigenvalue weighted by atomic mass is 10.1. The third-order valence-electron chi connectivity index (χ3n) is 6.39. The van der Waals surface area contributed by atoms with Crippen LogP contribution in [0.4, 0.5) is 5.69 Å². The van der Waals surface area contributed by atoms with Crippen molar-refractivity contribution < 1.29 is 49.0 Å². The van der Waals surface area contributed by atoms with Gasteiger partial charge in [0.1, 0.15) is 7.05 Å². The zero-order valence-corrected chi connectivity index (χ0v) is 24.0. The number of hydrogen-bond donors (Lipinski definition) is 2. The van der Waals surface area contributed by atoms with Crippen LogP contribution in [0.5, 0.6) is 0 Å². The van der Waals surface area contributed by atoms with E-state index in [1.54, 1.807) is 11.8 Å². The molecule has 0 aliphatic carbocycles. The third-order valence-corrected chi connectivity index (χ3v) is 7.50. The van der Waals surface area contributed by atoms with E-state index in [4.69, 9.17) is 0 Å². The van der Waals surface area contributed by atoms with E-state index in [-0.39, 0.29) is 36.3 Å². The molecule has 4 rings (SSSR count). The minimum Gasteiger partial charge on any atom is -1.00 e. The smallest absolute Gasteiger partial charge is 0.220 e. The van der Waals surface area contributed by atoms with Crippen LogP contribution in [-0.2, 0) is 16.6 Å². The van der Waals surface area contributed by atoms with Gasteiger partial charge in [0, 0.05) is 30.0 Å². The SMILES string of the molecule is C[n+]1ccc(C=C2Sc3ccccc3N2CCCC(=O)NC(CCCC[NH3+])C(=O)[O-])c2ccccc21.[I-]. The summed E-state index contributed by atoms with van der Waals surface area (Å²) in [6.07, 6.45) is 7.03. The Morgan fingerprint density at radius 1 is 1.11 bits per heavy atom. The first-order chi connectivity index (χ1) is 17.5. The van der Waals surface area contributed by atoms with Gasteiger partial charge in [0.25, 0.3) is 0 Å². The van der Waals surface area contributed by atoms with Gasteiger partial charge in [-0.2, -0.15) is 0 Å². The van der Waals surface area contributed by atoms with Crippen molar-refractivity contribution in [2.45, 2.75) is 43.0 Å². The van der Waals surface area contributed by atoms with Gasteiger partial charge < -0.3 is 49.8 Å². The van der Waals surface area contributed by atoms with Gasteiger partial charge in [-0.3, -0.25) is 4.79 Å². The van der Waals surface area contributed by atoms with Crippen molar-refractivity contribution in [1.82, 2.24) is 5.32 Å². The number of unbranched alkanes of at least 4 members (excludes halogenated alkanes) is 1. The van der Waals surface area contributed by atoms with Crippen LogP contribution in [0.1, 0.15) is 37.7 Å². The molecule has 9 heteroatoms. The van der Waals surface area contributed by atoms with Gasteiger partial charge in [0.2, 0.25) is 11.4 Å². The number of carbonyl (C=O) groups is 2. The van der Waals surface area contributed by atoms with Crippen molar-refractivity contribution in [2.24, 2.45) is 7.05 Å². The Morgan fingerprint density at radius 2 is 1.86 bits per heavy atom. The Kier molecular flexibility index (Phi) is 10.8. The minimum atomic E-state index is -1.23. The molecule has 1 amide bonds. The lowest BCUT2D eigenvalue weighted by Gasteiger charge is -2.22. The minimum absolute atomic E-state index is 0. The number of carboxylic acids is 1. The molecule has 37 heavy (non-hydrogen) atoms. The molecular formula is C28H33IN4O3S. The molecule has 0 saturated carbocycles. The number of para-hydroxylation sites is 2. The summed E-state index contributed by atoms with van der Waals surface area (Å²) in [6, 6.07) is 17.8. The number of hydrogen-bond acceptors (Lipinski definition) is 5. The molecular weight excluding hydrogens is 599 g/mol. The van der Waals surface area contributed by atoms with Gasteiger partial charge in [0.15, 0.2) is 6.20 Å². The number of pyridine rings is 1. The van der Waals surface area contributed by atoms with Gasteiger partial charge in [-0.05, 0) is 55.5 Å². The Hall–Kier alpha value is -2.63. The van der Waals surface area contributed by atoms with Gasteiger partial charge >= 0.3 is 0 Å². The maximum absolute atomic E-state index is 12.5. The summed E-state index contributed by atoms with van der Waals surface area (Å²) in [6.45, 7) is 1.40. The predicted molar refractivity (Wildman–Crippen MR) is 141 cm³/mol. The molecule has 1 aromatic heterocycles. The molecule has 2 aromatic carbocycles. The zero-order chi connectivity index (χ0) is 25.5. The molecule has 1 aliphatic rings. The molecule has 1 aliphatic heterocycles. The second-order valence-corrected chi connectivity index (χ2v) is 10.1. The number of amides is 1. The fourth-order valence-electron chi connectivity index (χ4n) is 4.48. The van der Waals surface area contributed by atoms with Crippen molar-refractivity contribution in [3.05, 3.63) is 71.4 Å². The topological polar surface area (TPSA) is 104 Å². The Balaban J connectivity index is 0.00000380. The van der Waals surface area contributed by atoms with Gasteiger partial charge in [0.05, 0.1) is 34.7 Å². The molecule has 7 nitrogen and oxygen atoms in total. The number of halogens is 1. The molecule has 1 atom stereocenters. The summed E-state index contributed by atoms with van der Waals surface area (Å²) in [7, 11) is 2.04. The van der Waals surface area contributed by atoms with Crippen molar-refractivity contribution >= 4 is 46.3 Å². The average Bonchev–Trinajstić information content (AvgIpc) is 3.22. The predicted octanol–water partition coefficient (Wildman–Crippen LogP) is -0.994. The highest BCUT2D eigenvalue weighted by atomic mass is 127. The molecule has 196 valence electrons. The summed E-state index contributed by atoms with van der Waals surface area (Å²) < 4.78 is 2.11. The number of aryl methyl sites for hydroxylation is 1. The largest absolute Gasteiger partial charge is 1.00 e. The van der Waals surface area contributed by atoms with Crippen LogP contribution in [0.15, 0.2) is 70.7 Å². The second kappa shape index (κ2) is 13.8. The van der Waals surface area contributed by atoms with E-state index in [1.165, 1.54) is 10.3 Å². The first-order valence-corrected chi connectivity index (χ1v) is 13.2. The van der Waals surface area contributed by atoms with Crippen molar-refractivity contribution in [3.8, 4) is 0 Å². The fraction of sp³-hybridized carbons (Fsp3) is 0.321. The summed E-state index contributed by atoms with van der Waals surface area (Å²) in [5.41, 5.74) is 7.20. The van der Waals surface area contributed by atoms with E-state index < -0.39 is 12.0 Å². The number of carbonyl (C=O) groups excluding carboxylic acids is 2. The summed E-state index contributed by atoms with van der Waals surface area (Å²) in [5.74, 6) is -1.49. The van der Waals surface area contributed by atoms with Crippen LogP contribution in [0.2, 0.25) is 0 Å². The second-order valence-electron chi connectivity index (χ2n) is 9.00. The summed E-state index contributed by atoms with van der Waals surface area (Å²) in [5, 5.41) is 16.3. The molecule has 0 bridgehead atoms. The number of rotatable bonds is 11. The first-order valence-electron chi connectivity index (χ1n) is 12.4. The Morgan fingerprint density at radius 3 is 2.65 bits per heavy atom. The molecule has 0 radical (unpaired) electrons. The number of benzene rings is 2. The molecule has 2 heterocycles. The lowest BCUT2D eigenvalue weighted by Crippen LogP contribution is -3.00. The maximum Gasteiger partial charge on any atom is 0.220 e. The molecule has 0 spiro atoms. The van der Waals surface area contributed by atoms with E-state index in [0.29, 0.717) is 25.8 Å². The number of nitrogens with one attached hydrogen (secondary N) is 1. The van der Waals surface area contributed by atoms with Gasteiger partial charge in [-0.1, -0.05) is 36.0 Å². The van der Waals surface area contributed by atoms with Crippen LogP contribution in [0.3, 0.4) is 0 Å². The first kappa shape index (κ1) is 28.9. The molecule has 1 unspecified atom stereocenters. The van der Waals surface area contributed by atoms with Crippen LogP contribution in [0, 0.1) is 0 Å². The van der Waals surface area contributed by atoms with E-state index in [0.717, 1.165) is 34.8 Å². The normalized spacial score (nSPS) is 14.3. The van der Waals surface area contributed by atoms with E-state index >= 15 is 0 Å². The van der Waals surface area contributed by atoms with Crippen molar-refractivity contribution in [1.29, 1.82) is 0 Å². The number of anilines is 1. The van der Waals surface area contributed by atoms with Crippen LogP contribution in [0.25, 0.3) is 17.0 Å². The molecule has 0 saturated heterocycles. The zero-order valence-electron chi connectivity index (χ0n) is 21.0.